The van der Waals surface area contributed by atoms with Gasteiger partial charge in [0.05, 0.1) is 4.47 Å². The Hall–Kier alpha value is -2.60. The molecule has 158 valence electrons. The molecule has 1 aliphatic rings. The van der Waals surface area contributed by atoms with Crippen LogP contribution in [-0.4, -0.2) is 17.0 Å². The van der Waals surface area contributed by atoms with E-state index in [1.54, 1.807) is 24.3 Å². The van der Waals surface area contributed by atoms with Gasteiger partial charge in [-0.15, -0.1) is 0 Å². The van der Waals surface area contributed by atoms with Crippen molar-refractivity contribution in [2.75, 3.05) is 0 Å². The van der Waals surface area contributed by atoms with Crippen molar-refractivity contribution in [1.29, 1.82) is 0 Å². The van der Waals surface area contributed by atoms with Gasteiger partial charge in [-0.3, -0.25) is 4.79 Å². The lowest BCUT2D eigenvalue weighted by Crippen LogP contribution is -2.29. The zero-order valence-corrected chi connectivity index (χ0v) is 18.5. The summed E-state index contributed by atoms with van der Waals surface area (Å²) < 4.78 is 6.66. The van der Waals surface area contributed by atoms with Crippen molar-refractivity contribution in [1.82, 2.24) is 5.32 Å². The Labute approximate surface area is 185 Å². The Bertz CT molecular complexity index is 915. The summed E-state index contributed by atoms with van der Waals surface area (Å²) in [7, 11) is 0. The highest BCUT2D eigenvalue weighted by Gasteiger charge is 2.22. The molecule has 0 saturated heterocycles. The first-order chi connectivity index (χ1) is 14.4. The fourth-order valence-corrected chi connectivity index (χ4v) is 3.97. The van der Waals surface area contributed by atoms with Gasteiger partial charge in [0.2, 0.25) is 5.91 Å². The van der Waals surface area contributed by atoms with Crippen LogP contribution in [-0.2, 0) is 9.59 Å². The van der Waals surface area contributed by atoms with Crippen LogP contribution in [0.2, 0.25) is 0 Å². The molecule has 3 rings (SSSR count). The quantitative estimate of drug-likeness (QED) is 0.485. The number of nitrogens with one attached hydrogen (secondary N) is 1. The van der Waals surface area contributed by atoms with Gasteiger partial charge in [0.1, 0.15) is 17.2 Å². The number of hydrogen-bond acceptors (Lipinski definition) is 3. The lowest BCUT2D eigenvalue weighted by atomic mass is 9.81. The van der Waals surface area contributed by atoms with Crippen LogP contribution in [0, 0.1) is 11.8 Å². The minimum atomic E-state index is -1.16. The Morgan fingerprint density at radius 3 is 2.40 bits per heavy atom. The first kappa shape index (κ1) is 22.1. The average molecular weight is 472 g/mol. The first-order valence-electron chi connectivity index (χ1n) is 10.2. The first-order valence-corrected chi connectivity index (χ1v) is 11.0. The van der Waals surface area contributed by atoms with Gasteiger partial charge in [0, 0.05) is 6.42 Å². The summed E-state index contributed by atoms with van der Waals surface area (Å²) >= 11 is 3.44. The smallest absolute Gasteiger partial charge is 0.352 e. The zero-order chi connectivity index (χ0) is 21.5. The Morgan fingerprint density at radius 2 is 1.77 bits per heavy atom. The molecule has 0 heterocycles. The maximum atomic E-state index is 12.3. The van der Waals surface area contributed by atoms with E-state index >= 15 is 0 Å². The molecule has 6 heteroatoms. The highest BCUT2D eigenvalue weighted by molar-refractivity contribution is 9.10. The van der Waals surface area contributed by atoms with E-state index in [-0.39, 0.29) is 11.6 Å². The molecule has 1 aliphatic carbocycles. The lowest BCUT2D eigenvalue weighted by molar-refractivity contribution is -0.134. The van der Waals surface area contributed by atoms with Crippen LogP contribution in [0.4, 0.5) is 0 Å². The third-order valence-corrected chi connectivity index (χ3v) is 6.02. The molecule has 5 nitrogen and oxygen atoms in total. The number of carbonyl (C=O) groups is 2. The largest absolute Gasteiger partial charge is 0.477 e. The van der Waals surface area contributed by atoms with Crippen LogP contribution in [0.15, 0.2) is 58.7 Å². The Kier molecular flexibility index (Phi) is 7.69. The number of rotatable bonds is 7. The van der Waals surface area contributed by atoms with Crippen molar-refractivity contribution in [3.63, 3.8) is 0 Å². The molecule has 2 aromatic carbocycles. The molecule has 1 fully saturated rings. The van der Waals surface area contributed by atoms with Gasteiger partial charge in [-0.05, 0) is 76.5 Å². The second kappa shape index (κ2) is 10.4. The summed E-state index contributed by atoms with van der Waals surface area (Å²) in [5.41, 5.74) is 0.544. The van der Waals surface area contributed by atoms with Crippen LogP contribution in [0.25, 0.3) is 6.08 Å². The van der Waals surface area contributed by atoms with Gasteiger partial charge in [0.15, 0.2) is 0 Å². The van der Waals surface area contributed by atoms with Crippen molar-refractivity contribution >= 4 is 33.9 Å². The SMILES string of the molecule is CC1CCC(CC(=O)N/C(=C/c2ccc(Oc3ccccc3Br)cc2)C(=O)O)CC1. The summed E-state index contributed by atoms with van der Waals surface area (Å²) in [5.74, 6) is 0.979. The van der Waals surface area contributed by atoms with E-state index in [0.717, 1.165) is 30.2 Å². The summed E-state index contributed by atoms with van der Waals surface area (Å²) in [6.45, 7) is 2.23. The van der Waals surface area contributed by atoms with Crippen LogP contribution >= 0.6 is 15.9 Å². The monoisotopic (exact) mass is 471 g/mol. The van der Waals surface area contributed by atoms with Crippen molar-refractivity contribution in [2.24, 2.45) is 11.8 Å². The Balaban J connectivity index is 1.62. The number of benzene rings is 2. The van der Waals surface area contributed by atoms with Crippen LogP contribution in [0.5, 0.6) is 11.5 Å². The van der Waals surface area contributed by atoms with Crippen LogP contribution in [0.3, 0.4) is 0 Å². The number of amides is 1. The highest BCUT2D eigenvalue weighted by Crippen LogP contribution is 2.31. The maximum absolute atomic E-state index is 12.3. The minimum Gasteiger partial charge on any atom is -0.477 e. The van der Waals surface area contributed by atoms with Crippen molar-refractivity contribution in [2.45, 2.75) is 39.0 Å². The fourth-order valence-electron chi connectivity index (χ4n) is 3.60. The summed E-state index contributed by atoms with van der Waals surface area (Å²) in [6.07, 6.45) is 6.15. The molecule has 0 spiro atoms. The van der Waals surface area contributed by atoms with Gasteiger partial charge in [-0.2, -0.15) is 0 Å². The number of ether oxygens (including phenoxy) is 1. The molecular weight excluding hydrogens is 446 g/mol. The van der Waals surface area contributed by atoms with E-state index in [0.29, 0.717) is 35.3 Å². The minimum absolute atomic E-state index is 0.122. The summed E-state index contributed by atoms with van der Waals surface area (Å²) in [5, 5.41) is 12.1. The van der Waals surface area contributed by atoms with Crippen LogP contribution in [0.1, 0.15) is 44.6 Å². The molecule has 0 atom stereocenters. The van der Waals surface area contributed by atoms with E-state index in [1.165, 1.54) is 6.08 Å². The van der Waals surface area contributed by atoms with E-state index in [9.17, 15) is 14.7 Å². The third-order valence-electron chi connectivity index (χ3n) is 5.37. The second-order valence-corrected chi connectivity index (χ2v) is 8.70. The predicted octanol–water partition coefficient (Wildman–Crippen LogP) is 6.00. The van der Waals surface area contributed by atoms with Gasteiger partial charge in [0.25, 0.3) is 0 Å². The molecule has 0 aliphatic heterocycles. The number of carboxylic acids is 1. The summed E-state index contributed by atoms with van der Waals surface area (Å²) in [4.78, 5) is 24.0. The number of aliphatic carboxylic acids is 1. The number of para-hydroxylation sites is 1. The molecule has 2 aromatic rings. The molecule has 0 radical (unpaired) electrons. The number of halogens is 1. The van der Waals surface area contributed by atoms with E-state index < -0.39 is 5.97 Å². The average Bonchev–Trinajstić information content (AvgIpc) is 2.72. The molecule has 30 heavy (non-hydrogen) atoms. The van der Waals surface area contributed by atoms with Crippen molar-refractivity contribution < 1.29 is 19.4 Å². The number of carboxylic acid groups (broad SMARTS) is 1. The standard InChI is InChI=1S/C24H26BrNO4/c1-16-6-8-18(9-7-16)15-23(27)26-21(24(28)29)14-17-10-12-19(13-11-17)30-22-5-3-2-4-20(22)25/h2-5,10-14,16,18H,6-9,15H2,1H3,(H,26,27)(H,28,29)/b21-14+. The molecule has 1 amide bonds. The lowest BCUT2D eigenvalue weighted by Gasteiger charge is -2.25. The molecule has 2 N–H and O–H groups in total. The van der Waals surface area contributed by atoms with E-state index in [4.69, 9.17) is 4.74 Å². The molecule has 1 saturated carbocycles. The van der Waals surface area contributed by atoms with E-state index in [2.05, 4.69) is 28.2 Å². The van der Waals surface area contributed by atoms with Crippen molar-refractivity contribution in [3.05, 3.63) is 64.3 Å². The van der Waals surface area contributed by atoms with Gasteiger partial charge in [-0.25, -0.2) is 4.79 Å². The highest BCUT2D eigenvalue weighted by atomic mass is 79.9. The number of hydrogen-bond donors (Lipinski definition) is 2. The molecule has 0 unspecified atom stereocenters. The summed E-state index contributed by atoms with van der Waals surface area (Å²) in [6, 6.07) is 14.6. The maximum Gasteiger partial charge on any atom is 0.352 e. The van der Waals surface area contributed by atoms with Crippen molar-refractivity contribution in [3.8, 4) is 11.5 Å². The zero-order valence-electron chi connectivity index (χ0n) is 16.9. The molecular formula is C24H26BrNO4. The van der Waals surface area contributed by atoms with Gasteiger partial charge in [-0.1, -0.05) is 44.0 Å². The topological polar surface area (TPSA) is 75.6 Å². The Morgan fingerprint density at radius 1 is 1.10 bits per heavy atom. The molecule has 0 aromatic heterocycles. The second-order valence-electron chi connectivity index (χ2n) is 7.84. The third kappa shape index (κ3) is 6.46. The number of carbonyl (C=O) groups excluding carboxylic acids is 1. The molecule has 0 bridgehead atoms. The fraction of sp³-hybridized carbons (Fsp3) is 0.333. The van der Waals surface area contributed by atoms with Gasteiger partial charge >= 0.3 is 5.97 Å². The normalized spacial score (nSPS) is 19.2. The predicted molar refractivity (Wildman–Crippen MR) is 120 cm³/mol. The van der Waals surface area contributed by atoms with Gasteiger partial charge < -0.3 is 15.2 Å². The van der Waals surface area contributed by atoms with E-state index in [1.807, 2.05) is 24.3 Å². The van der Waals surface area contributed by atoms with Crippen LogP contribution < -0.4 is 10.1 Å².